The minimum atomic E-state index is -0.451. The Kier molecular flexibility index (Phi) is 3.52. The van der Waals surface area contributed by atoms with Crippen LogP contribution in [0.25, 0.3) is 0 Å². The van der Waals surface area contributed by atoms with Crippen molar-refractivity contribution >= 4 is 6.09 Å². The third kappa shape index (κ3) is 3.08. The van der Waals surface area contributed by atoms with Gasteiger partial charge in [0.15, 0.2) is 0 Å². The molecule has 0 atom stereocenters. The Balaban J connectivity index is 1.91. The van der Waals surface area contributed by atoms with E-state index in [2.05, 4.69) is 10.9 Å². The molecule has 0 unspecified atom stereocenters. The molecule has 1 aromatic heterocycles. The summed E-state index contributed by atoms with van der Waals surface area (Å²) >= 11 is 0. The number of imidazole rings is 1. The van der Waals surface area contributed by atoms with E-state index in [0.717, 1.165) is 5.69 Å². The Hall–Kier alpha value is -1.96. The lowest BCUT2D eigenvalue weighted by atomic mass is 9.97. The van der Waals surface area contributed by atoms with E-state index in [1.54, 1.807) is 11.2 Å². The predicted molar refractivity (Wildman–Crippen MR) is 71.6 cm³/mol. The van der Waals surface area contributed by atoms with Crippen LogP contribution in [0.2, 0.25) is 0 Å². The lowest BCUT2D eigenvalue weighted by Gasteiger charge is -2.39. The molecule has 0 aliphatic carbocycles. The Morgan fingerprint density at radius 2 is 2.26 bits per heavy atom. The highest BCUT2D eigenvalue weighted by atomic mass is 16.6. The number of nitrogens with zero attached hydrogens (tertiary/aromatic N) is 3. The van der Waals surface area contributed by atoms with Crippen LogP contribution in [0.5, 0.6) is 0 Å². The first-order chi connectivity index (χ1) is 8.90. The molecule has 0 saturated carbocycles. The molecular formula is C14H19N3O2. The first-order valence-electron chi connectivity index (χ1n) is 6.32. The van der Waals surface area contributed by atoms with E-state index >= 15 is 0 Å². The normalized spacial score (nSPS) is 15.8. The van der Waals surface area contributed by atoms with Crippen LogP contribution in [0.1, 0.15) is 32.4 Å². The van der Waals surface area contributed by atoms with Crippen LogP contribution in [0.3, 0.4) is 0 Å². The average Bonchev–Trinajstić information content (AvgIpc) is 2.62. The van der Waals surface area contributed by atoms with Gasteiger partial charge >= 0.3 is 6.09 Å². The Morgan fingerprint density at radius 3 is 2.84 bits per heavy atom. The Morgan fingerprint density at radius 1 is 1.58 bits per heavy atom. The van der Waals surface area contributed by atoms with Crippen molar-refractivity contribution in [1.82, 2.24) is 14.5 Å². The zero-order valence-corrected chi connectivity index (χ0v) is 11.6. The maximum atomic E-state index is 11.8. The molecule has 102 valence electrons. The predicted octanol–water partition coefficient (Wildman–Crippen LogP) is 1.85. The molecule has 5 nitrogen and oxygen atoms in total. The highest BCUT2D eigenvalue weighted by Crippen LogP contribution is 2.28. The van der Waals surface area contributed by atoms with Gasteiger partial charge in [-0.15, -0.1) is 6.42 Å². The number of hydrogen-bond acceptors (Lipinski definition) is 3. The van der Waals surface area contributed by atoms with E-state index in [1.807, 2.05) is 31.5 Å². The van der Waals surface area contributed by atoms with Crippen LogP contribution in [-0.4, -0.2) is 39.2 Å². The lowest BCUT2D eigenvalue weighted by molar-refractivity contribution is 0.00762. The molecule has 19 heavy (non-hydrogen) atoms. The summed E-state index contributed by atoms with van der Waals surface area (Å²) in [4.78, 5) is 17.6. The molecule has 1 fully saturated rings. The van der Waals surface area contributed by atoms with Crippen molar-refractivity contribution in [1.29, 1.82) is 0 Å². The zero-order valence-electron chi connectivity index (χ0n) is 11.6. The fourth-order valence-electron chi connectivity index (χ4n) is 2.04. The van der Waals surface area contributed by atoms with Crippen molar-refractivity contribution < 1.29 is 9.53 Å². The molecule has 0 radical (unpaired) electrons. The molecule has 2 heterocycles. The quantitative estimate of drug-likeness (QED) is 0.763. The molecule has 5 heteroatoms. The van der Waals surface area contributed by atoms with Crippen molar-refractivity contribution in [3.63, 3.8) is 0 Å². The molecule has 1 aromatic rings. The molecule has 2 rings (SSSR count). The Labute approximate surface area is 113 Å². The van der Waals surface area contributed by atoms with Gasteiger partial charge in [-0.2, -0.15) is 0 Å². The summed E-state index contributed by atoms with van der Waals surface area (Å²) in [5.74, 6) is 2.89. The second kappa shape index (κ2) is 4.96. The van der Waals surface area contributed by atoms with Crippen LogP contribution in [0.15, 0.2) is 12.5 Å². The summed E-state index contributed by atoms with van der Waals surface area (Å²) in [5, 5.41) is 0. The number of aromatic nitrogens is 2. The standard InChI is InChI=1S/C14H19N3O2/c1-5-6-16-10-15-7-12(16)11-8-17(9-11)13(18)19-14(2,3)4/h1,7,10-11H,6,8-9H2,2-4H3. The highest BCUT2D eigenvalue weighted by Gasteiger charge is 2.35. The summed E-state index contributed by atoms with van der Waals surface area (Å²) in [6.45, 7) is 7.42. The number of terminal acetylenes is 1. The fraction of sp³-hybridized carbons (Fsp3) is 0.571. The number of likely N-dealkylation sites (tertiary alicyclic amines) is 1. The molecule has 0 N–H and O–H groups in total. The van der Waals surface area contributed by atoms with Crippen molar-refractivity contribution in [2.24, 2.45) is 0 Å². The van der Waals surface area contributed by atoms with Gasteiger partial charge in [0, 0.05) is 30.9 Å². The first kappa shape index (κ1) is 13.5. The number of amides is 1. The molecular weight excluding hydrogens is 242 g/mol. The molecule has 0 aromatic carbocycles. The van der Waals surface area contributed by atoms with Crippen LogP contribution in [0, 0.1) is 12.3 Å². The third-order valence-corrected chi connectivity index (χ3v) is 2.96. The van der Waals surface area contributed by atoms with Crippen molar-refractivity contribution in [3.8, 4) is 12.3 Å². The monoisotopic (exact) mass is 261 g/mol. The van der Waals surface area contributed by atoms with Crippen LogP contribution >= 0.6 is 0 Å². The fourth-order valence-corrected chi connectivity index (χ4v) is 2.04. The second-order valence-electron chi connectivity index (χ2n) is 5.73. The van der Waals surface area contributed by atoms with Gasteiger partial charge in [0.05, 0.1) is 12.9 Å². The topological polar surface area (TPSA) is 47.4 Å². The average molecular weight is 261 g/mol. The van der Waals surface area contributed by atoms with Gasteiger partial charge in [-0.05, 0) is 20.8 Å². The van der Waals surface area contributed by atoms with Gasteiger partial charge in [0.1, 0.15) is 5.60 Å². The van der Waals surface area contributed by atoms with Gasteiger partial charge in [0.25, 0.3) is 0 Å². The summed E-state index contributed by atoms with van der Waals surface area (Å²) in [6.07, 6.45) is 8.59. The largest absolute Gasteiger partial charge is 0.444 e. The van der Waals surface area contributed by atoms with Crippen LogP contribution in [-0.2, 0) is 11.3 Å². The molecule has 1 amide bonds. The number of hydrogen-bond donors (Lipinski definition) is 0. The first-order valence-corrected chi connectivity index (χ1v) is 6.32. The van der Waals surface area contributed by atoms with E-state index in [-0.39, 0.29) is 6.09 Å². The number of carbonyl (C=O) groups excluding carboxylic acids is 1. The lowest BCUT2D eigenvalue weighted by Crippen LogP contribution is -2.50. The highest BCUT2D eigenvalue weighted by molar-refractivity contribution is 5.69. The smallest absolute Gasteiger partial charge is 0.410 e. The number of rotatable bonds is 2. The minimum absolute atomic E-state index is 0.258. The van der Waals surface area contributed by atoms with Crippen LogP contribution in [0.4, 0.5) is 4.79 Å². The van der Waals surface area contributed by atoms with Gasteiger partial charge in [-0.1, -0.05) is 5.92 Å². The zero-order chi connectivity index (χ0) is 14.0. The maximum absolute atomic E-state index is 11.8. The van der Waals surface area contributed by atoms with Crippen molar-refractivity contribution in [3.05, 3.63) is 18.2 Å². The van der Waals surface area contributed by atoms with Crippen molar-refractivity contribution in [2.75, 3.05) is 13.1 Å². The molecule has 1 aliphatic heterocycles. The van der Waals surface area contributed by atoms with Gasteiger partial charge in [-0.3, -0.25) is 0 Å². The van der Waals surface area contributed by atoms with Crippen LogP contribution < -0.4 is 0 Å². The number of ether oxygens (including phenoxy) is 1. The van der Waals surface area contributed by atoms with E-state index in [4.69, 9.17) is 11.2 Å². The third-order valence-electron chi connectivity index (χ3n) is 2.96. The second-order valence-corrected chi connectivity index (χ2v) is 5.73. The van der Waals surface area contributed by atoms with E-state index in [1.165, 1.54) is 0 Å². The van der Waals surface area contributed by atoms with E-state index in [0.29, 0.717) is 25.6 Å². The summed E-state index contributed by atoms with van der Waals surface area (Å²) in [5.41, 5.74) is 0.630. The molecule has 0 bridgehead atoms. The minimum Gasteiger partial charge on any atom is -0.444 e. The van der Waals surface area contributed by atoms with Crippen molar-refractivity contribution in [2.45, 2.75) is 38.8 Å². The summed E-state index contributed by atoms with van der Waals surface area (Å²) < 4.78 is 7.26. The number of carbonyl (C=O) groups is 1. The Bertz CT molecular complexity index is 501. The van der Waals surface area contributed by atoms with Gasteiger partial charge in [0.2, 0.25) is 0 Å². The van der Waals surface area contributed by atoms with E-state index < -0.39 is 5.60 Å². The maximum Gasteiger partial charge on any atom is 0.410 e. The summed E-state index contributed by atoms with van der Waals surface area (Å²) in [6, 6.07) is 0. The van der Waals surface area contributed by atoms with Gasteiger partial charge < -0.3 is 14.2 Å². The molecule has 1 aliphatic rings. The molecule has 0 spiro atoms. The van der Waals surface area contributed by atoms with E-state index in [9.17, 15) is 4.79 Å². The summed E-state index contributed by atoms with van der Waals surface area (Å²) in [7, 11) is 0. The molecule has 1 saturated heterocycles. The van der Waals surface area contributed by atoms with Gasteiger partial charge in [-0.25, -0.2) is 9.78 Å². The SMILES string of the molecule is C#CCn1cncc1C1CN(C(=O)OC(C)(C)C)C1.